The Hall–Kier alpha value is -1.55. The first-order chi connectivity index (χ1) is 7.64. The highest BCUT2D eigenvalue weighted by atomic mass is 16.4. The van der Waals surface area contributed by atoms with E-state index in [4.69, 9.17) is 0 Å². The number of aromatic hydroxyl groups is 1. The molecule has 86 valence electrons. The summed E-state index contributed by atoms with van der Waals surface area (Å²) in [6.45, 7) is 0.722. The lowest BCUT2D eigenvalue weighted by Crippen LogP contribution is -2.49. The Balaban J connectivity index is 2.25. The van der Waals surface area contributed by atoms with Crippen LogP contribution in [0.25, 0.3) is 0 Å². The molecule has 0 radical (unpaired) electrons. The van der Waals surface area contributed by atoms with Gasteiger partial charge in [-0.1, -0.05) is 18.2 Å². The van der Waals surface area contributed by atoms with Gasteiger partial charge in [-0.15, -0.1) is 0 Å². The van der Waals surface area contributed by atoms with E-state index in [9.17, 15) is 15.0 Å². The van der Waals surface area contributed by atoms with Crippen LogP contribution in [0.5, 0.6) is 5.75 Å². The summed E-state index contributed by atoms with van der Waals surface area (Å²) < 4.78 is 0. The highest BCUT2D eigenvalue weighted by Crippen LogP contribution is 2.28. The zero-order chi connectivity index (χ0) is 11.6. The first kappa shape index (κ1) is 11.0. The fourth-order valence-corrected chi connectivity index (χ4v) is 2.20. The average Bonchev–Trinajstić information content (AvgIpc) is 2.71. The van der Waals surface area contributed by atoms with Gasteiger partial charge in [-0.25, -0.2) is 0 Å². The highest BCUT2D eigenvalue weighted by Gasteiger charge is 2.41. The molecule has 1 aliphatic heterocycles. The van der Waals surface area contributed by atoms with E-state index in [0.717, 1.165) is 13.0 Å². The highest BCUT2D eigenvalue weighted by molar-refractivity contribution is 5.80. The third kappa shape index (κ3) is 1.88. The van der Waals surface area contributed by atoms with Crippen molar-refractivity contribution < 1.29 is 15.0 Å². The third-order valence-corrected chi connectivity index (χ3v) is 3.14. The monoisotopic (exact) mass is 221 g/mol. The van der Waals surface area contributed by atoms with E-state index in [1.165, 1.54) is 0 Å². The zero-order valence-corrected chi connectivity index (χ0v) is 8.94. The second kappa shape index (κ2) is 4.14. The van der Waals surface area contributed by atoms with Crippen molar-refractivity contribution in [3.63, 3.8) is 0 Å². The SMILES string of the molecule is O=C(O)C1(Cc2ccccc2O)CCCN1. The summed E-state index contributed by atoms with van der Waals surface area (Å²) in [6.07, 6.45) is 1.80. The number of hydrogen-bond donors (Lipinski definition) is 3. The van der Waals surface area contributed by atoms with Crippen LogP contribution in [0.15, 0.2) is 24.3 Å². The minimum atomic E-state index is -0.904. The minimum Gasteiger partial charge on any atom is -0.508 e. The number of rotatable bonds is 3. The first-order valence-electron chi connectivity index (χ1n) is 5.39. The molecule has 1 saturated heterocycles. The molecule has 0 aliphatic carbocycles. The van der Waals surface area contributed by atoms with Gasteiger partial charge in [-0.2, -0.15) is 0 Å². The summed E-state index contributed by atoms with van der Waals surface area (Å²) in [5.74, 6) is -0.676. The Kier molecular flexibility index (Phi) is 2.83. The number of para-hydroxylation sites is 1. The fraction of sp³-hybridized carbons (Fsp3) is 0.417. The van der Waals surface area contributed by atoms with Crippen LogP contribution in [-0.2, 0) is 11.2 Å². The molecule has 0 bridgehead atoms. The summed E-state index contributed by atoms with van der Waals surface area (Å²) in [5, 5.41) is 22.0. The molecule has 2 rings (SSSR count). The van der Waals surface area contributed by atoms with Gasteiger partial charge in [0.15, 0.2) is 0 Å². The number of benzene rings is 1. The van der Waals surface area contributed by atoms with Crippen LogP contribution < -0.4 is 5.32 Å². The first-order valence-corrected chi connectivity index (χ1v) is 5.39. The number of carboxylic acid groups (broad SMARTS) is 1. The molecule has 1 unspecified atom stereocenters. The lowest BCUT2D eigenvalue weighted by molar-refractivity contribution is -0.144. The fourth-order valence-electron chi connectivity index (χ4n) is 2.20. The summed E-state index contributed by atoms with van der Waals surface area (Å²) in [5.41, 5.74) is -0.224. The number of aliphatic carboxylic acids is 1. The van der Waals surface area contributed by atoms with Gasteiger partial charge in [-0.3, -0.25) is 4.79 Å². The molecule has 4 heteroatoms. The van der Waals surface area contributed by atoms with E-state index in [1.807, 2.05) is 0 Å². The van der Waals surface area contributed by atoms with Crippen LogP contribution in [0.3, 0.4) is 0 Å². The molecule has 0 amide bonds. The maximum Gasteiger partial charge on any atom is 0.324 e. The van der Waals surface area contributed by atoms with Crippen LogP contribution in [0.4, 0.5) is 0 Å². The molecule has 0 spiro atoms. The Morgan fingerprint density at radius 2 is 2.19 bits per heavy atom. The van der Waals surface area contributed by atoms with E-state index >= 15 is 0 Å². The second-order valence-electron chi connectivity index (χ2n) is 4.22. The average molecular weight is 221 g/mol. The maximum absolute atomic E-state index is 11.3. The third-order valence-electron chi connectivity index (χ3n) is 3.14. The molecule has 0 saturated carbocycles. The van der Waals surface area contributed by atoms with Crippen LogP contribution >= 0.6 is 0 Å². The van der Waals surface area contributed by atoms with Crippen molar-refractivity contribution in [3.8, 4) is 5.75 Å². The summed E-state index contributed by atoms with van der Waals surface area (Å²) in [4.78, 5) is 11.3. The summed E-state index contributed by atoms with van der Waals surface area (Å²) >= 11 is 0. The molecular formula is C12H15NO3. The van der Waals surface area contributed by atoms with Gasteiger partial charge in [-0.05, 0) is 31.0 Å². The van der Waals surface area contributed by atoms with Crippen molar-refractivity contribution in [1.29, 1.82) is 0 Å². The van der Waals surface area contributed by atoms with Gasteiger partial charge in [0.25, 0.3) is 0 Å². The van der Waals surface area contributed by atoms with E-state index in [2.05, 4.69) is 5.32 Å². The zero-order valence-electron chi connectivity index (χ0n) is 8.94. The van der Waals surface area contributed by atoms with Crippen molar-refractivity contribution in [2.24, 2.45) is 0 Å². The maximum atomic E-state index is 11.3. The molecule has 1 aliphatic rings. The predicted molar refractivity (Wildman–Crippen MR) is 59.4 cm³/mol. The molecule has 1 fully saturated rings. The number of carbonyl (C=O) groups is 1. The summed E-state index contributed by atoms with van der Waals surface area (Å²) in [7, 11) is 0. The van der Waals surface area contributed by atoms with Crippen LogP contribution in [0.1, 0.15) is 18.4 Å². The molecule has 1 heterocycles. The Bertz CT molecular complexity index is 397. The van der Waals surface area contributed by atoms with E-state index in [1.54, 1.807) is 24.3 Å². The van der Waals surface area contributed by atoms with Gasteiger partial charge < -0.3 is 15.5 Å². The van der Waals surface area contributed by atoms with Crippen molar-refractivity contribution in [2.45, 2.75) is 24.8 Å². The van der Waals surface area contributed by atoms with E-state index < -0.39 is 11.5 Å². The van der Waals surface area contributed by atoms with Gasteiger partial charge >= 0.3 is 5.97 Å². The van der Waals surface area contributed by atoms with E-state index in [-0.39, 0.29) is 5.75 Å². The Morgan fingerprint density at radius 3 is 2.75 bits per heavy atom. The molecule has 1 atom stereocenters. The summed E-state index contributed by atoms with van der Waals surface area (Å²) in [6, 6.07) is 6.88. The quantitative estimate of drug-likeness (QED) is 0.716. The molecule has 0 aromatic heterocycles. The normalized spacial score (nSPS) is 24.5. The molecule has 4 nitrogen and oxygen atoms in total. The number of hydrogen-bond acceptors (Lipinski definition) is 3. The number of phenolic OH excluding ortho intramolecular Hbond substituents is 1. The number of nitrogens with one attached hydrogen (secondary N) is 1. The van der Waals surface area contributed by atoms with Crippen molar-refractivity contribution in [2.75, 3.05) is 6.54 Å². The molecule has 1 aromatic carbocycles. The van der Waals surface area contributed by atoms with Crippen LogP contribution in [0, 0.1) is 0 Å². The van der Waals surface area contributed by atoms with Crippen molar-refractivity contribution >= 4 is 5.97 Å². The minimum absolute atomic E-state index is 0.164. The standard InChI is InChI=1S/C12H15NO3/c14-10-5-2-1-4-9(10)8-12(11(15)16)6-3-7-13-12/h1-2,4-5,13-14H,3,6-8H2,(H,15,16). The molecular weight excluding hydrogens is 206 g/mol. The van der Waals surface area contributed by atoms with Gasteiger partial charge in [0.05, 0.1) is 0 Å². The van der Waals surface area contributed by atoms with Gasteiger partial charge in [0, 0.05) is 6.42 Å². The Morgan fingerprint density at radius 1 is 1.44 bits per heavy atom. The van der Waals surface area contributed by atoms with Crippen LogP contribution in [0.2, 0.25) is 0 Å². The predicted octanol–water partition coefficient (Wildman–Crippen LogP) is 1.14. The molecule has 1 aromatic rings. The van der Waals surface area contributed by atoms with Gasteiger partial charge in [0.1, 0.15) is 11.3 Å². The van der Waals surface area contributed by atoms with Gasteiger partial charge in [0.2, 0.25) is 0 Å². The topological polar surface area (TPSA) is 69.6 Å². The largest absolute Gasteiger partial charge is 0.508 e. The van der Waals surface area contributed by atoms with Crippen LogP contribution in [-0.4, -0.2) is 28.3 Å². The smallest absolute Gasteiger partial charge is 0.324 e. The lowest BCUT2D eigenvalue weighted by atomic mass is 9.89. The second-order valence-corrected chi connectivity index (χ2v) is 4.22. The van der Waals surface area contributed by atoms with Crippen molar-refractivity contribution in [1.82, 2.24) is 5.32 Å². The number of carboxylic acids is 1. The van der Waals surface area contributed by atoms with Crippen molar-refractivity contribution in [3.05, 3.63) is 29.8 Å². The molecule has 16 heavy (non-hydrogen) atoms. The Labute approximate surface area is 93.9 Å². The van der Waals surface area contributed by atoms with E-state index in [0.29, 0.717) is 18.4 Å². The lowest BCUT2D eigenvalue weighted by Gasteiger charge is -2.24. The molecule has 3 N–H and O–H groups in total. The number of phenols is 1.